The minimum Gasteiger partial charge on any atom is -0.465 e. The monoisotopic (exact) mass is 314 g/mol. The number of rotatable bonds is 6. The molecule has 2 rings (SSSR count). The van der Waals surface area contributed by atoms with Crippen molar-refractivity contribution in [2.75, 3.05) is 26.2 Å². The number of ether oxygens (including phenoxy) is 1. The van der Waals surface area contributed by atoms with Gasteiger partial charge in [-0.2, -0.15) is 0 Å². The quantitative estimate of drug-likeness (QED) is 0.705. The molecule has 7 heteroatoms. The Kier molecular flexibility index (Phi) is 6.09. The van der Waals surface area contributed by atoms with Gasteiger partial charge < -0.3 is 20.5 Å². The minimum absolute atomic E-state index is 0.0230. The molecule has 1 heterocycles. The summed E-state index contributed by atoms with van der Waals surface area (Å²) in [4.78, 5) is 10.4. The Labute approximate surface area is 127 Å². The van der Waals surface area contributed by atoms with Gasteiger partial charge in [0.15, 0.2) is 11.6 Å². The van der Waals surface area contributed by atoms with Gasteiger partial charge in [0.05, 0.1) is 12.7 Å². The van der Waals surface area contributed by atoms with E-state index in [1.807, 2.05) is 0 Å². The van der Waals surface area contributed by atoms with Gasteiger partial charge in [-0.25, -0.2) is 13.6 Å². The highest BCUT2D eigenvalue weighted by Gasteiger charge is 2.28. The second-order valence-corrected chi connectivity index (χ2v) is 5.27. The molecule has 0 aromatic heterocycles. The molecule has 2 atom stereocenters. The van der Waals surface area contributed by atoms with Crippen LogP contribution in [-0.4, -0.2) is 37.4 Å². The van der Waals surface area contributed by atoms with Crippen LogP contribution in [0.15, 0.2) is 18.2 Å². The molecule has 1 saturated heterocycles. The smallest absolute Gasteiger partial charge is 0.404 e. The second-order valence-electron chi connectivity index (χ2n) is 5.27. The molecule has 1 aromatic carbocycles. The molecule has 0 bridgehead atoms. The van der Waals surface area contributed by atoms with E-state index in [2.05, 4.69) is 10.6 Å². The molecule has 0 radical (unpaired) electrons. The van der Waals surface area contributed by atoms with Gasteiger partial charge >= 0.3 is 6.09 Å². The molecule has 3 N–H and O–H groups in total. The van der Waals surface area contributed by atoms with Gasteiger partial charge in [0.2, 0.25) is 0 Å². The number of amides is 1. The Balaban J connectivity index is 2.10. The predicted octanol–water partition coefficient (Wildman–Crippen LogP) is 2.29. The van der Waals surface area contributed by atoms with Crippen LogP contribution in [0.3, 0.4) is 0 Å². The maximum absolute atomic E-state index is 14.1. The second kappa shape index (κ2) is 8.05. The summed E-state index contributed by atoms with van der Waals surface area (Å²) >= 11 is 0. The largest absolute Gasteiger partial charge is 0.465 e. The van der Waals surface area contributed by atoms with Gasteiger partial charge in [-0.1, -0.05) is 12.1 Å². The summed E-state index contributed by atoms with van der Waals surface area (Å²) in [6.07, 6.45) is 0.0463. The van der Waals surface area contributed by atoms with E-state index >= 15 is 0 Å². The van der Waals surface area contributed by atoms with E-state index in [4.69, 9.17) is 9.84 Å². The number of carboxylic acid groups (broad SMARTS) is 1. The van der Waals surface area contributed by atoms with E-state index in [-0.39, 0.29) is 24.6 Å². The molecule has 1 aliphatic heterocycles. The molecule has 22 heavy (non-hydrogen) atoms. The molecule has 5 nitrogen and oxygen atoms in total. The zero-order valence-electron chi connectivity index (χ0n) is 12.1. The van der Waals surface area contributed by atoms with Gasteiger partial charge in [-0.15, -0.1) is 0 Å². The summed E-state index contributed by atoms with van der Waals surface area (Å²) in [5.74, 6) is -1.78. The molecule has 0 saturated carbocycles. The highest BCUT2D eigenvalue weighted by Crippen LogP contribution is 2.32. The van der Waals surface area contributed by atoms with Crippen LogP contribution in [0.1, 0.15) is 24.5 Å². The lowest BCUT2D eigenvalue weighted by atomic mass is 9.89. The Morgan fingerprint density at radius 3 is 3.00 bits per heavy atom. The van der Waals surface area contributed by atoms with Gasteiger partial charge in [0.25, 0.3) is 0 Å². The van der Waals surface area contributed by atoms with E-state index < -0.39 is 23.8 Å². The minimum atomic E-state index is -1.14. The first kappa shape index (κ1) is 16.6. The number of hydrogen-bond acceptors (Lipinski definition) is 3. The van der Waals surface area contributed by atoms with Crippen LogP contribution in [-0.2, 0) is 4.74 Å². The van der Waals surface area contributed by atoms with Crippen LogP contribution in [0.4, 0.5) is 13.6 Å². The third-order valence-corrected chi connectivity index (χ3v) is 3.73. The van der Waals surface area contributed by atoms with Crippen LogP contribution >= 0.6 is 0 Å². The lowest BCUT2D eigenvalue weighted by Gasteiger charge is -2.31. The summed E-state index contributed by atoms with van der Waals surface area (Å²) in [6, 6.07) is 4.04. The third kappa shape index (κ3) is 4.38. The number of piperidine rings is 1. The maximum Gasteiger partial charge on any atom is 0.404 e. The molecule has 1 unspecified atom stereocenters. The molecule has 0 spiro atoms. The first-order valence-corrected chi connectivity index (χ1v) is 7.32. The average Bonchev–Trinajstić information content (AvgIpc) is 2.51. The van der Waals surface area contributed by atoms with Crippen LogP contribution in [0, 0.1) is 17.6 Å². The SMILES string of the molecule is O=C(O)NCCOC(c1cccc(F)c1F)[C@@H]1CCCNC1. The molecular formula is C15H20F2N2O3. The van der Waals surface area contributed by atoms with Crippen LogP contribution in [0.25, 0.3) is 0 Å². The topological polar surface area (TPSA) is 70.6 Å². The van der Waals surface area contributed by atoms with E-state index in [1.165, 1.54) is 12.1 Å². The van der Waals surface area contributed by atoms with Crippen molar-refractivity contribution in [3.63, 3.8) is 0 Å². The van der Waals surface area contributed by atoms with E-state index in [0.717, 1.165) is 25.5 Å². The number of carbonyl (C=O) groups is 1. The highest BCUT2D eigenvalue weighted by atomic mass is 19.2. The summed E-state index contributed by atoms with van der Waals surface area (Å²) in [6.45, 7) is 1.76. The Hall–Kier alpha value is -1.73. The van der Waals surface area contributed by atoms with Gasteiger partial charge in [0, 0.05) is 24.6 Å². The number of nitrogens with one attached hydrogen (secondary N) is 2. The Morgan fingerprint density at radius 1 is 1.50 bits per heavy atom. The molecule has 1 aliphatic rings. The van der Waals surface area contributed by atoms with Gasteiger partial charge in [0.1, 0.15) is 0 Å². The van der Waals surface area contributed by atoms with E-state index in [1.54, 1.807) is 0 Å². The fourth-order valence-electron chi connectivity index (χ4n) is 2.70. The highest BCUT2D eigenvalue weighted by molar-refractivity contribution is 5.64. The fraction of sp³-hybridized carbons (Fsp3) is 0.533. The van der Waals surface area contributed by atoms with Crippen molar-refractivity contribution >= 4 is 6.09 Å². The standard InChI is InChI=1S/C15H20F2N2O3/c16-12-5-1-4-11(13(12)17)14(10-3-2-6-18-9-10)22-8-7-19-15(20)21/h1,4-5,10,14,18-19H,2-3,6-9H2,(H,20,21)/t10-,14?/m1/s1. The van der Waals surface area contributed by atoms with Crippen molar-refractivity contribution in [2.45, 2.75) is 18.9 Å². The maximum atomic E-state index is 14.1. The van der Waals surface area contributed by atoms with Gasteiger partial charge in [-0.3, -0.25) is 0 Å². The van der Waals surface area contributed by atoms with Crippen LogP contribution < -0.4 is 10.6 Å². The zero-order valence-corrected chi connectivity index (χ0v) is 12.1. The molecule has 0 aliphatic carbocycles. The lowest BCUT2D eigenvalue weighted by molar-refractivity contribution is 0.00240. The molecule has 1 amide bonds. The molecular weight excluding hydrogens is 294 g/mol. The summed E-state index contributed by atoms with van der Waals surface area (Å²) in [5.41, 5.74) is 0.184. The van der Waals surface area contributed by atoms with E-state index in [0.29, 0.717) is 6.54 Å². The van der Waals surface area contributed by atoms with Crippen molar-refractivity contribution in [1.82, 2.24) is 10.6 Å². The van der Waals surface area contributed by atoms with Crippen molar-refractivity contribution in [2.24, 2.45) is 5.92 Å². The zero-order chi connectivity index (χ0) is 15.9. The van der Waals surface area contributed by atoms with Crippen molar-refractivity contribution in [3.05, 3.63) is 35.4 Å². The van der Waals surface area contributed by atoms with Gasteiger partial charge in [-0.05, 0) is 25.5 Å². The van der Waals surface area contributed by atoms with Crippen LogP contribution in [0.2, 0.25) is 0 Å². The first-order valence-electron chi connectivity index (χ1n) is 7.32. The third-order valence-electron chi connectivity index (χ3n) is 3.73. The summed E-state index contributed by atoms with van der Waals surface area (Å²) < 4.78 is 33.2. The molecule has 1 aromatic rings. The van der Waals surface area contributed by atoms with Crippen molar-refractivity contribution in [1.29, 1.82) is 0 Å². The van der Waals surface area contributed by atoms with Crippen LogP contribution in [0.5, 0.6) is 0 Å². The molecule has 1 fully saturated rings. The van der Waals surface area contributed by atoms with Crippen molar-refractivity contribution < 1.29 is 23.4 Å². The summed E-state index contributed by atoms with van der Waals surface area (Å²) in [7, 11) is 0. The van der Waals surface area contributed by atoms with Crippen molar-refractivity contribution in [3.8, 4) is 0 Å². The lowest BCUT2D eigenvalue weighted by Crippen LogP contribution is -2.35. The number of hydrogen-bond donors (Lipinski definition) is 3. The van der Waals surface area contributed by atoms with E-state index in [9.17, 15) is 13.6 Å². The number of halogens is 2. The summed E-state index contributed by atoms with van der Waals surface area (Å²) in [5, 5.41) is 13.9. The number of benzene rings is 1. The predicted molar refractivity (Wildman–Crippen MR) is 76.7 cm³/mol. The normalized spacial score (nSPS) is 19.6. The average molecular weight is 314 g/mol. The Morgan fingerprint density at radius 2 is 2.32 bits per heavy atom. The fourth-order valence-corrected chi connectivity index (χ4v) is 2.70. The Bertz CT molecular complexity index is 508. The molecule has 122 valence electrons. The first-order chi connectivity index (χ1) is 10.6.